The molecule has 2 N–H and O–H groups in total. The van der Waals surface area contributed by atoms with Gasteiger partial charge in [-0.2, -0.15) is 0 Å². The van der Waals surface area contributed by atoms with Crippen molar-refractivity contribution in [2.45, 2.75) is 12.5 Å². The normalized spacial score (nSPS) is 13.9. The quantitative estimate of drug-likeness (QED) is 0.705. The number of nitrogens with zero attached hydrogens (tertiary/aromatic N) is 1. The third-order valence-electron chi connectivity index (χ3n) is 2.21. The summed E-state index contributed by atoms with van der Waals surface area (Å²) in [6, 6.07) is 3.39. The Balaban J connectivity index is 3.03. The molecule has 0 saturated carbocycles. The monoisotopic (exact) mass is 204 g/mol. The predicted molar refractivity (Wildman–Crippen MR) is 56.1 cm³/mol. The Labute approximate surface area is 88.3 Å². The summed E-state index contributed by atoms with van der Waals surface area (Å²) in [6.07, 6.45) is 8.19. The van der Waals surface area contributed by atoms with Gasteiger partial charge in [-0.1, -0.05) is 12.0 Å². The highest BCUT2D eigenvalue weighted by atomic mass is 16.4. The van der Waals surface area contributed by atoms with E-state index in [1.807, 2.05) is 0 Å². The fourth-order valence-electron chi connectivity index (χ4n) is 1.19. The minimum Gasteiger partial charge on any atom is -0.480 e. The molecule has 0 amide bonds. The lowest BCUT2D eigenvalue weighted by Gasteiger charge is -2.25. The number of aromatic nitrogens is 1. The third-order valence-corrected chi connectivity index (χ3v) is 2.21. The lowest BCUT2D eigenvalue weighted by atomic mass is 9.93. The first-order chi connectivity index (χ1) is 7.11. The number of pyridine rings is 1. The lowest BCUT2D eigenvalue weighted by molar-refractivity contribution is -0.144. The van der Waals surface area contributed by atoms with Gasteiger partial charge < -0.3 is 5.11 Å². The zero-order valence-electron chi connectivity index (χ0n) is 8.40. The zero-order chi connectivity index (χ0) is 11.3. The van der Waals surface area contributed by atoms with Gasteiger partial charge in [0, 0.05) is 18.0 Å². The van der Waals surface area contributed by atoms with E-state index in [1.54, 1.807) is 25.3 Å². The number of nitrogens with one attached hydrogen (secondary N) is 1. The van der Waals surface area contributed by atoms with Crippen molar-refractivity contribution < 1.29 is 9.90 Å². The zero-order valence-corrected chi connectivity index (χ0v) is 8.40. The molecule has 0 fully saturated rings. The van der Waals surface area contributed by atoms with E-state index >= 15 is 0 Å². The SMILES string of the molecule is C#CCNC(C)(C(=O)O)c1cccnc1. The van der Waals surface area contributed by atoms with E-state index in [0.717, 1.165) is 0 Å². The van der Waals surface area contributed by atoms with Crippen molar-refractivity contribution in [1.29, 1.82) is 0 Å². The van der Waals surface area contributed by atoms with Crippen LogP contribution in [0.5, 0.6) is 0 Å². The van der Waals surface area contributed by atoms with Crippen LogP contribution in [0.15, 0.2) is 24.5 Å². The van der Waals surface area contributed by atoms with Gasteiger partial charge in [0.25, 0.3) is 0 Å². The Morgan fingerprint density at radius 1 is 1.80 bits per heavy atom. The first kappa shape index (κ1) is 11.2. The van der Waals surface area contributed by atoms with E-state index in [9.17, 15) is 4.79 Å². The van der Waals surface area contributed by atoms with Gasteiger partial charge in [-0.05, 0) is 13.0 Å². The fraction of sp³-hybridized carbons (Fsp3) is 0.273. The number of carboxylic acid groups (broad SMARTS) is 1. The number of carboxylic acids is 1. The first-order valence-electron chi connectivity index (χ1n) is 4.43. The molecule has 1 rings (SSSR count). The molecule has 0 radical (unpaired) electrons. The molecule has 15 heavy (non-hydrogen) atoms. The van der Waals surface area contributed by atoms with Crippen LogP contribution in [-0.2, 0) is 10.3 Å². The van der Waals surface area contributed by atoms with E-state index in [1.165, 1.54) is 6.20 Å². The molecule has 0 saturated heterocycles. The maximum Gasteiger partial charge on any atom is 0.328 e. The molecule has 1 aromatic rings. The Bertz CT molecular complexity index is 383. The number of rotatable bonds is 4. The molecule has 78 valence electrons. The third kappa shape index (κ3) is 2.33. The summed E-state index contributed by atoms with van der Waals surface area (Å²) in [5.41, 5.74) is -0.617. The standard InChI is InChI=1S/C11H12N2O2/c1-3-6-13-11(2,10(14)15)9-5-4-7-12-8-9/h1,4-5,7-8,13H,6H2,2H3,(H,14,15). The van der Waals surface area contributed by atoms with Crippen LogP contribution in [0.1, 0.15) is 12.5 Å². The molecule has 0 aliphatic carbocycles. The van der Waals surface area contributed by atoms with Crippen LogP contribution in [0.25, 0.3) is 0 Å². The van der Waals surface area contributed by atoms with Gasteiger partial charge >= 0.3 is 5.97 Å². The summed E-state index contributed by atoms with van der Waals surface area (Å²) in [4.78, 5) is 15.1. The van der Waals surface area contributed by atoms with Gasteiger partial charge in [0.2, 0.25) is 0 Å². The Morgan fingerprint density at radius 2 is 2.53 bits per heavy atom. The van der Waals surface area contributed by atoms with E-state index in [-0.39, 0.29) is 6.54 Å². The van der Waals surface area contributed by atoms with E-state index in [4.69, 9.17) is 11.5 Å². The van der Waals surface area contributed by atoms with E-state index < -0.39 is 11.5 Å². The van der Waals surface area contributed by atoms with Gasteiger partial charge in [-0.25, -0.2) is 4.79 Å². The highest BCUT2D eigenvalue weighted by Gasteiger charge is 2.34. The fourth-order valence-corrected chi connectivity index (χ4v) is 1.19. The summed E-state index contributed by atoms with van der Waals surface area (Å²) in [5.74, 6) is 1.37. The number of carbonyl (C=O) groups is 1. The summed E-state index contributed by atoms with van der Waals surface area (Å²) in [7, 11) is 0. The van der Waals surface area contributed by atoms with Gasteiger partial charge in [-0.3, -0.25) is 10.3 Å². The Kier molecular flexibility index (Phi) is 3.42. The van der Waals surface area contributed by atoms with Crippen LogP contribution in [0.3, 0.4) is 0 Å². The van der Waals surface area contributed by atoms with Crippen LogP contribution in [0.2, 0.25) is 0 Å². The number of terminal acetylenes is 1. The van der Waals surface area contributed by atoms with E-state index in [0.29, 0.717) is 5.56 Å². The van der Waals surface area contributed by atoms with Crippen LogP contribution in [0.4, 0.5) is 0 Å². The van der Waals surface area contributed by atoms with Crippen molar-refractivity contribution in [3.05, 3.63) is 30.1 Å². The average Bonchev–Trinajstić information content (AvgIpc) is 2.27. The molecule has 4 nitrogen and oxygen atoms in total. The van der Waals surface area contributed by atoms with E-state index in [2.05, 4.69) is 16.2 Å². The second kappa shape index (κ2) is 4.58. The number of hydrogen-bond acceptors (Lipinski definition) is 3. The Morgan fingerprint density at radius 3 is 3.00 bits per heavy atom. The first-order valence-corrected chi connectivity index (χ1v) is 4.43. The highest BCUT2D eigenvalue weighted by Crippen LogP contribution is 2.19. The molecule has 0 aromatic carbocycles. The summed E-state index contributed by atoms with van der Waals surface area (Å²) in [6.45, 7) is 1.75. The molecule has 1 heterocycles. The number of hydrogen-bond donors (Lipinski definition) is 2. The maximum absolute atomic E-state index is 11.2. The molecule has 0 bridgehead atoms. The van der Waals surface area contributed by atoms with Gasteiger partial charge in [0.1, 0.15) is 5.54 Å². The van der Waals surface area contributed by atoms with Crippen LogP contribution >= 0.6 is 0 Å². The second-order valence-corrected chi connectivity index (χ2v) is 3.23. The average molecular weight is 204 g/mol. The van der Waals surface area contributed by atoms with Gasteiger partial charge in [-0.15, -0.1) is 6.42 Å². The molecule has 1 atom stereocenters. The topological polar surface area (TPSA) is 62.2 Å². The maximum atomic E-state index is 11.2. The lowest BCUT2D eigenvalue weighted by Crippen LogP contribution is -2.46. The molecule has 0 spiro atoms. The van der Waals surface area contributed by atoms with Crippen molar-refractivity contribution in [2.24, 2.45) is 0 Å². The van der Waals surface area contributed by atoms with Crippen LogP contribution in [-0.4, -0.2) is 22.6 Å². The van der Waals surface area contributed by atoms with Gasteiger partial charge in [0.05, 0.1) is 6.54 Å². The largest absolute Gasteiger partial charge is 0.480 e. The summed E-state index contributed by atoms with van der Waals surface area (Å²) in [5, 5.41) is 11.9. The highest BCUT2D eigenvalue weighted by molar-refractivity contribution is 5.80. The van der Waals surface area contributed by atoms with Crippen molar-refractivity contribution in [2.75, 3.05) is 6.54 Å². The molecule has 4 heteroatoms. The van der Waals surface area contributed by atoms with Crippen molar-refractivity contribution in [3.63, 3.8) is 0 Å². The predicted octanol–water partition coefficient (Wildman–Crippen LogP) is 0.604. The summed E-state index contributed by atoms with van der Waals surface area (Å²) >= 11 is 0. The van der Waals surface area contributed by atoms with Crippen LogP contribution < -0.4 is 5.32 Å². The van der Waals surface area contributed by atoms with Gasteiger partial charge in [0.15, 0.2) is 0 Å². The molecular weight excluding hydrogens is 192 g/mol. The summed E-state index contributed by atoms with van der Waals surface area (Å²) < 4.78 is 0. The van der Waals surface area contributed by atoms with Crippen LogP contribution in [0, 0.1) is 12.3 Å². The van der Waals surface area contributed by atoms with Crippen molar-refractivity contribution in [1.82, 2.24) is 10.3 Å². The smallest absolute Gasteiger partial charge is 0.328 e. The molecule has 1 aromatic heterocycles. The minimum absolute atomic E-state index is 0.192. The van der Waals surface area contributed by atoms with Crippen molar-refractivity contribution >= 4 is 5.97 Å². The number of aliphatic carboxylic acids is 1. The Hall–Kier alpha value is -1.86. The molecular formula is C11H12N2O2. The minimum atomic E-state index is -1.19. The molecule has 0 aliphatic heterocycles. The second-order valence-electron chi connectivity index (χ2n) is 3.23. The molecule has 1 unspecified atom stereocenters. The molecule has 0 aliphatic rings. The van der Waals surface area contributed by atoms with Crippen molar-refractivity contribution in [3.8, 4) is 12.3 Å².